The molecule has 7 nitrogen and oxygen atoms in total. The molecule has 4 rings (SSSR count). The molecule has 7 heteroatoms. The van der Waals surface area contributed by atoms with E-state index in [-0.39, 0.29) is 17.1 Å². The maximum atomic E-state index is 13.2. The number of hydrogen-bond acceptors (Lipinski definition) is 5. The van der Waals surface area contributed by atoms with Crippen LogP contribution < -0.4 is 5.56 Å². The molecular formula is C28H36N6O. The van der Waals surface area contributed by atoms with Crippen LogP contribution in [0.3, 0.4) is 0 Å². The highest BCUT2D eigenvalue weighted by Gasteiger charge is 2.31. The molecule has 0 amide bonds. The molecule has 2 heterocycles. The smallest absolute Gasteiger partial charge is 0.252 e. The second-order valence-electron chi connectivity index (χ2n) is 10.0. The second kappa shape index (κ2) is 10.1. The van der Waals surface area contributed by atoms with Crippen LogP contribution in [0, 0.1) is 13.8 Å². The van der Waals surface area contributed by atoms with Crippen LogP contribution in [0.25, 0.3) is 10.9 Å². The summed E-state index contributed by atoms with van der Waals surface area (Å²) in [6.45, 7) is 13.9. The van der Waals surface area contributed by atoms with E-state index in [0.717, 1.165) is 40.7 Å². The van der Waals surface area contributed by atoms with Gasteiger partial charge in [0.2, 0.25) is 0 Å². The van der Waals surface area contributed by atoms with Crippen molar-refractivity contribution in [3.8, 4) is 0 Å². The summed E-state index contributed by atoms with van der Waals surface area (Å²) in [4.78, 5) is 18.7. The van der Waals surface area contributed by atoms with E-state index >= 15 is 0 Å². The molecule has 0 spiro atoms. The largest absolute Gasteiger partial charge is 0.321 e. The molecule has 184 valence electrons. The molecule has 2 aromatic heterocycles. The minimum atomic E-state index is -0.208. The molecule has 2 aromatic carbocycles. The molecule has 1 atom stereocenters. The fraction of sp³-hybridized carbons (Fsp3) is 0.429. The van der Waals surface area contributed by atoms with Crippen molar-refractivity contribution in [1.82, 2.24) is 30.1 Å². The molecule has 0 radical (unpaired) electrons. The summed E-state index contributed by atoms with van der Waals surface area (Å²) >= 11 is 0. The molecular weight excluding hydrogens is 436 g/mol. The summed E-state index contributed by atoms with van der Waals surface area (Å²) in [6, 6.07) is 16.5. The third-order valence-electron chi connectivity index (χ3n) is 7.29. The van der Waals surface area contributed by atoms with Crippen molar-refractivity contribution in [2.75, 3.05) is 0 Å². The van der Waals surface area contributed by atoms with Crippen LogP contribution >= 0.6 is 0 Å². The topological polar surface area (TPSA) is 79.7 Å². The molecule has 0 saturated heterocycles. The highest BCUT2D eigenvalue weighted by Crippen LogP contribution is 2.30. The van der Waals surface area contributed by atoms with Crippen LogP contribution in [0.2, 0.25) is 0 Å². The van der Waals surface area contributed by atoms with Crippen LogP contribution in [0.1, 0.15) is 74.7 Å². The Labute approximate surface area is 207 Å². The zero-order chi connectivity index (χ0) is 25.2. The number of nitrogens with one attached hydrogen (secondary N) is 1. The van der Waals surface area contributed by atoms with Crippen molar-refractivity contribution in [2.24, 2.45) is 0 Å². The predicted molar refractivity (Wildman–Crippen MR) is 140 cm³/mol. The van der Waals surface area contributed by atoms with Gasteiger partial charge in [-0.1, -0.05) is 56.3 Å². The van der Waals surface area contributed by atoms with Gasteiger partial charge < -0.3 is 4.98 Å². The lowest BCUT2D eigenvalue weighted by Crippen LogP contribution is -2.36. The fourth-order valence-corrected chi connectivity index (χ4v) is 4.59. The minimum Gasteiger partial charge on any atom is -0.321 e. The Kier molecular flexibility index (Phi) is 7.17. The van der Waals surface area contributed by atoms with Gasteiger partial charge in [0.05, 0.1) is 17.1 Å². The number of aromatic nitrogens is 5. The molecule has 35 heavy (non-hydrogen) atoms. The first kappa shape index (κ1) is 24.8. The van der Waals surface area contributed by atoms with E-state index in [0.29, 0.717) is 13.1 Å². The van der Waals surface area contributed by atoms with Gasteiger partial charge in [-0.15, -0.1) is 5.10 Å². The van der Waals surface area contributed by atoms with E-state index < -0.39 is 0 Å². The number of tetrazole rings is 1. The van der Waals surface area contributed by atoms with Gasteiger partial charge in [0, 0.05) is 18.7 Å². The third-order valence-corrected chi connectivity index (χ3v) is 7.29. The first-order valence-corrected chi connectivity index (χ1v) is 12.4. The van der Waals surface area contributed by atoms with Gasteiger partial charge in [-0.2, -0.15) is 0 Å². The Morgan fingerprint density at radius 3 is 2.49 bits per heavy atom. The highest BCUT2D eigenvalue weighted by atomic mass is 16.1. The Morgan fingerprint density at radius 2 is 1.80 bits per heavy atom. The molecule has 0 aliphatic carbocycles. The zero-order valence-corrected chi connectivity index (χ0v) is 21.7. The standard InChI is InChI=1S/C28H36N6O/c1-7-24(26-30-31-32-34(26)28(5,6)8-2)33(17-21-12-10-9-11-13-21)18-23-16-22-15-14-19(3)20(4)25(22)29-27(23)35/h9-16,24H,7-8,17-18H2,1-6H3,(H,29,35)/t24-/m0/s1. The van der Waals surface area contributed by atoms with E-state index in [4.69, 9.17) is 0 Å². The van der Waals surface area contributed by atoms with Crippen molar-refractivity contribution in [1.29, 1.82) is 0 Å². The lowest BCUT2D eigenvalue weighted by Gasteiger charge is -2.33. The van der Waals surface area contributed by atoms with Gasteiger partial charge in [-0.05, 0) is 79.1 Å². The SMILES string of the molecule is CC[C@@H](c1nnnn1C(C)(C)CC)N(Cc1ccccc1)Cc1cc2ccc(C)c(C)c2[nH]c1=O. The monoisotopic (exact) mass is 472 g/mol. The number of hydrogen-bond donors (Lipinski definition) is 1. The lowest BCUT2D eigenvalue weighted by atomic mass is 10.0. The molecule has 0 bridgehead atoms. The minimum absolute atomic E-state index is 0.0485. The van der Waals surface area contributed by atoms with Crippen LogP contribution in [0.5, 0.6) is 0 Å². The van der Waals surface area contributed by atoms with Crippen molar-refractivity contribution in [2.45, 2.75) is 79.1 Å². The average Bonchev–Trinajstić information content (AvgIpc) is 3.34. The van der Waals surface area contributed by atoms with Crippen LogP contribution in [0.4, 0.5) is 0 Å². The van der Waals surface area contributed by atoms with Crippen molar-refractivity contribution in [3.05, 3.63) is 87.0 Å². The maximum absolute atomic E-state index is 13.2. The Morgan fingerprint density at radius 1 is 1.06 bits per heavy atom. The summed E-state index contributed by atoms with van der Waals surface area (Å²) < 4.78 is 1.95. The number of fused-ring (bicyclic) bond motifs is 1. The molecule has 0 saturated carbocycles. The van der Waals surface area contributed by atoms with Gasteiger partial charge in [-0.3, -0.25) is 9.69 Å². The summed E-state index contributed by atoms with van der Waals surface area (Å²) in [5.41, 5.74) is 4.86. The van der Waals surface area contributed by atoms with Crippen LogP contribution in [0.15, 0.2) is 53.3 Å². The van der Waals surface area contributed by atoms with Gasteiger partial charge >= 0.3 is 0 Å². The summed E-state index contributed by atoms with van der Waals surface area (Å²) in [5.74, 6) is 0.832. The van der Waals surface area contributed by atoms with Crippen LogP contribution in [-0.2, 0) is 18.6 Å². The molecule has 0 aliphatic heterocycles. The summed E-state index contributed by atoms with van der Waals surface area (Å²) in [5, 5.41) is 13.9. The first-order chi connectivity index (χ1) is 16.7. The van der Waals surface area contributed by atoms with Gasteiger partial charge in [0.1, 0.15) is 0 Å². The number of pyridine rings is 1. The normalized spacial score (nSPS) is 13.0. The molecule has 1 N–H and O–H groups in total. The van der Waals surface area contributed by atoms with E-state index in [1.165, 1.54) is 11.1 Å². The number of benzene rings is 2. The quantitative estimate of drug-likeness (QED) is 0.351. The van der Waals surface area contributed by atoms with Crippen molar-refractivity contribution >= 4 is 10.9 Å². The molecule has 0 unspecified atom stereocenters. The summed E-state index contributed by atoms with van der Waals surface area (Å²) in [7, 11) is 0. The lowest BCUT2D eigenvalue weighted by molar-refractivity contribution is 0.150. The number of aromatic amines is 1. The van der Waals surface area contributed by atoms with E-state index in [2.05, 4.69) is 91.2 Å². The van der Waals surface area contributed by atoms with Crippen LogP contribution in [-0.4, -0.2) is 30.1 Å². The summed E-state index contributed by atoms with van der Waals surface area (Å²) in [6.07, 6.45) is 1.72. The Bertz CT molecular complexity index is 1360. The Hall–Kier alpha value is -3.32. The fourth-order valence-electron chi connectivity index (χ4n) is 4.59. The molecule has 0 aliphatic rings. The average molecular weight is 473 g/mol. The number of rotatable bonds is 9. The zero-order valence-electron chi connectivity index (χ0n) is 21.7. The van der Waals surface area contributed by atoms with E-state index in [1.54, 1.807) is 0 Å². The van der Waals surface area contributed by atoms with E-state index in [9.17, 15) is 4.79 Å². The van der Waals surface area contributed by atoms with Crippen molar-refractivity contribution in [3.63, 3.8) is 0 Å². The van der Waals surface area contributed by atoms with Gasteiger partial charge in [-0.25, -0.2) is 4.68 Å². The third kappa shape index (κ3) is 5.05. The number of aryl methyl sites for hydroxylation is 2. The molecule has 0 fully saturated rings. The van der Waals surface area contributed by atoms with Gasteiger partial charge in [0.15, 0.2) is 5.82 Å². The number of nitrogens with zero attached hydrogens (tertiary/aromatic N) is 5. The molecule has 4 aromatic rings. The maximum Gasteiger partial charge on any atom is 0.252 e. The highest BCUT2D eigenvalue weighted by molar-refractivity contribution is 5.83. The van der Waals surface area contributed by atoms with Crippen molar-refractivity contribution < 1.29 is 0 Å². The number of H-pyrrole nitrogens is 1. The predicted octanol–water partition coefficient (Wildman–Crippen LogP) is 5.43. The van der Waals surface area contributed by atoms with Gasteiger partial charge in [0.25, 0.3) is 5.56 Å². The van der Waals surface area contributed by atoms with E-state index in [1.807, 2.05) is 28.9 Å². The first-order valence-electron chi connectivity index (χ1n) is 12.4. The second-order valence-corrected chi connectivity index (χ2v) is 10.0. The Balaban J connectivity index is 1.78.